The van der Waals surface area contributed by atoms with E-state index in [0.717, 1.165) is 30.8 Å². The Hall–Kier alpha value is -1.29. The van der Waals surface area contributed by atoms with E-state index in [1.54, 1.807) is 0 Å². The summed E-state index contributed by atoms with van der Waals surface area (Å²) in [6.45, 7) is 2.53. The van der Waals surface area contributed by atoms with Crippen molar-refractivity contribution in [3.05, 3.63) is 24.0 Å². The molecule has 0 spiro atoms. The van der Waals surface area contributed by atoms with Gasteiger partial charge in [-0.2, -0.15) is 0 Å². The molecule has 1 aliphatic heterocycles. The first-order valence-corrected chi connectivity index (χ1v) is 10.7. The van der Waals surface area contributed by atoms with Gasteiger partial charge in [0.25, 0.3) is 0 Å². The molecule has 4 aliphatic carbocycles. The number of hydrogen-bond acceptors (Lipinski definition) is 2. The number of nitrogens with zero attached hydrogens (tertiary/aromatic N) is 2. The molecular weight excluding hydrogens is 322 g/mol. The summed E-state index contributed by atoms with van der Waals surface area (Å²) in [5, 5.41) is 3.36. The zero-order valence-corrected chi connectivity index (χ0v) is 16.1. The van der Waals surface area contributed by atoms with Gasteiger partial charge in [0.15, 0.2) is 0 Å². The van der Waals surface area contributed by atoms with Crippen LogP contribution in [0.15, 0.2) is 18.3 Å². The van der Waals surface area contributed by atoms with E-state index in [9.17, 15) is 4.79 Å². The van der Waals surface area contributed by atoms with Crippen LogP contribution in [0.1, 0.15) is 63.1 Å². The molecule has 5 aliphatic rings. The number of likely N-dealkylation sites (tertiary alicyclic amines) is 1. The van der Waals surface area contributed by atoms with Gasteiger partial charge in [-0.1, -0.05) is 0 Å². The SMILES string of the molecule is Cn1cccc1[C@@H]1CCCN1CC(=O)NCC12CC3CC(CC(C3)C1)C2. The summed E-state index contributed by atoms with van der Waals surface area (Å²) in [4.78, 5) is 15.1. The summed E-state index contributed by atoms with van der Waals surface area (Å²) in [6, 6.07) is 4.72. The summed E-state index contributed by atoms with van der Waals surface area (Å²) in [5.41, 5.74) is 1.78. The Morgan fingerprint density at radius 3 is 2.50 bits per heavy atom. The molecule has 4 nitrogen and oxygen atoms in total. The van der Waals surface area contributed by atoms with Crippen LogP contribution in [0.2, 0.25) is 0 Å². The van der Waals surface area contributed by atoms with Gasteiger partial charge in [0.05, 0.1) is 12.6 Å². The van der Waals surface area contributed by atoms with Crippen LogP contribution in [0.4, 0.5) is 0 Å². The number of hydrogen-bond donors (Lipinski definition) is 1. The highest BCUT2D eigenvalue weighted by Crippen LogP contribution is 2.59. The molecule has 4 saturated carbocycles. The van der Waals surface area contributed by atoms with Crippen LogP contribution < -0.4 is 5.32 Å². The normalized spacial score (nSPS) is 38.8. The van der Waals surface area contributed by atoms with Gasteiger partial charge in [-0.05, 0) is 93.2 Å². The molecule has 142 valence electrons. The maximum Gasteiger partial charge on any atom is 0.234 e. The Bertz CT molecular complexity index is 643. The van der Waals surface area contributed by atoms with Crippen molar-refractivity contribution < 1.29 is 4.79 Å². The van der Waals surface area contributed by atoms with E-state index in [4.69, 9.17) is 0 Å². The second kappa shape index (κ2) is 6.40. The number of carbonyl (C=O) groups is 1. The largest absolute Gasteiger partial charge is 0.354 e. The second-order valence-electron chi connectivity index (χ2n) is 9.87. The van der Waals surface area contributed by atoms with Crippen molar-refractivity contribution in [2.45, 2.75) is 57.4 Å². The molecule has 1 N–H and O–H groups in total. The van der Waals surface area contributed by atoms with Gasteiger partial charge >= 0.3 is 0 Å². The van der Waals surface area contributed by atoms with Gasteiger partial charge in [0, 0.05) is 25.5 Å². The van der Waals surface area contributed by atoms with E-state index in [1.165, 1.54) is 57.1 Å². The fourth-order valence-electron chi connectivity index (χ4n) is 7.20. The van der Waals surface area contributed by atoms with Crippen LogP contribution in [-0.4, -0.2) is 35.0 Å². The van der Waals surface area contributed by atoms with Crippen LogP contribution in [0, 0.1) is 23.2 Å². The zero-order chi connectivity index (χ0) is 17.7. The highest BCUT2D eigenvalue weighted by atomic mass is 16.2. The van der Waals surface area contributed by atoms with E-state index in [2.05, 4.69) is 40.2 Å². The highest BCUT2D eigenvalue weighted by Gasteiger charge is 2.50. The molecule has 1 atom stereocenters. The first-order valence-electron chi connectivity index (χ1n) is 10.7. The number of rotatable bonds is 5. The van der Waals surface area contributed by atoms with E-state index >= 15 is 0 Å². The molecular formula is C22H33N3O. The minimum Gasteiger partial charge on any atom is -0.354 e. The summed E-state index contributed by atoms with van der Waals surface area (Å²) >= 11 is 0. The first-order chi connectivity index (χ1) is 12.6. The van der Waals surface area contributed by atoms with Crippen LogP contribution in [0.5, 0.6) is 0 Å². The van der Waals surface area contributed by atoms with Crippen LogP contribution in [-0.2, 0) is 11.8 Å². The minimum atomic E-state index is 0.238. The Balaban J connectivity index is 1.18. The molecule has 1 amide bonds. The molecule has 4 heteroatoms. The third-order valence-electron chi connectivity index (χ3n) is 7.86. The van der Waals surface area contributed by atoms with Gasteiger partial charge < -0.3 is 9.88 Å². The number of nitrogens with one attached hydrogen (secondary N) is 1. The van der Waals surface area contributed by atoms with Gasteiger partial charge in [0.1, 0.15) is 0 Å². The van der Waals surface area contributed by atoms with Crippen LogP contribution >= 0.6 is 0 Å². The van der Waals surface area contributed by atoms with Crippen molar-refractivity contribution in [3.63, 3.8) is 0 Å². The molecule has 0 radical (unpaired) electrons. The lowest BCUT2D eigenvalue weighted by molar-refractivity contribution is -0.124. The molecule has 5 fully saturated rings. The van der Waals surface area contributed by atoms with Gasteiger partial charge in [-0.15, -0.1) is 0 Å². The highest BCUT2D eigenvalue weighted by molar-refractivity contribution is 5.78. The molecule has 4 bridgehead atoms. The topological polar surface area (TPSA) is 37.3 Å². The van der Waals surface area contributed by atoms with Crippen molar-refractivity contribution in [2.75, 3.05) is 19.6 Å². The number of amides is 1. The summed E-state index contributed by atoms with van der Waals surface area (Å²) in [5.74, 6) is 3.11. The fourth-order valence-corrected chi connectivity index (χ4v) is 7.20. The average molecular weight is 356 g/mol. The quantitative estimate of drug-likeness (QED) is 0.878. The summed E-state index contributed by atoms with van der Waals surface area (Å²) in [7, 11) is 2.11. The zero-order valence-electron chi connectivity index (χ0n) is 16.1. The Morgan fingerprint density at radius 1 is 1.19 bits per heavy atom. The van der Waals surface area contributed by atoms with Crippen molar-refractivity contribution in [1.29, 1.82) is 0 Å². The lowest BCUT2D eigenvalue weighted by Gasteiger charge is -2.56. The van der Waals surface area contributed by atoms with Gasteiger partial charge in [0.2, 0.25) is 5.91 Å². The molecule has 26 heavy (non-hydrogen) atoms. The number of carbonyl (C=O) groups excluding carboxylic acids is 1. The fraction of sp³-hybridized carbons (Fsp3) is 0.773. The molecule has 2 heterocycles. The molecule has 1 aromatic heterocycles. The molecule has 6 rings (SSSR count). The molecule has 0 unspecified atom stereocenters. The maximum atomic E-state index is 12.7. The standard InChI is InChI=1S/C22H33N3O/c1-24-6-2-4-19(24)20-5-3-7-25(20)14-21(26)23-15-22-11-16-8-17(12-22)10-18(9-16)13-22/h2,4,6,16-18,20H,3,5,7-15H2,1H3,(H,23,26)/t16?,17?,18?,20-,22?/m0/s1. The smallest absolute Gasteiger partial charge is 0.234 e. The van der Waals surface area contributed by atoms with Gasteiger partial charge in [-0.25, -0.2) is 0 Å². The molecule has 1 saturated heterocycles. The second-order valence-corrected chi connectivity index (χ2v) is 9.87. The van der Waals surface area contributed by atoms with Crippen molar-refractivity contribution in [2.24, 2.45) is 30.2 Å². The van der Waals surface area contributed by atoms with Crippen molar-refractivity contribution in [1.82, 2.24) is 14.8 Å². The first kappa shape index (κ1) is 16.9. The van der Waals surface area contributed by atoms with E-state index in [-0.39, 0.29) is 5.91 Å². The number of aryl methyl sites for hydroxylation is 1. The summed E-state index contributed by atoms with van der Waals surface area (Å²) in [6.07, 6.45) is 13.0. The van der Waals surface area contributed by atoms with Crippen LogP contribution in [0.3, 0.4) is 0 Å². The predicted molar refractivity (Wildman–Crippen MR) is 103 cm³/mol. The Labute approximate surface area is 157 Å². The Kier molecular flexibility index (Phi) is 4.15. The van der Waals surface area contributed by atoms with Crippen molar-refractivity contribution in [3.8, 4) is 0 Å². The van der Waals surface area contributed by atoms with Crippen molar-refractivity contribution >= 4 is 5.91 Å². The average Bonchev–Trinajstić information content (AvgIpc) is 3.20. The maximum absolute atomic E-state index is 12.7. The minimum absolute atomic E-state index is 0.238. The lowest BCUT2D eigenvalue weighted by atomic mass is 9.49. The third kappa shape index (κ3) is 3.00. The van der Waals surface area contributed by atoms with Gasteiger partial charge in [-0.3, -0.25) is 9.69 Å². The van der Waals surface area contributed by atoms with E-state index in [0.29, 0.717) is 18.0 Å². The number of aromatic nitrogens is 1. The summed E-state index contributed by atoms with van der Waals surface area (Å²) < 4.78 is 2.20. The van der Waals surface area contributed by atoms with E-state index < -0.39 is 0 Å². The Morgan fingerprint density at radius 2 is 1.88 bits per heavy atom. The third-order valence-corrected chi connectivity index (χ3v) is 7.86. The van der Waals surface area contributed by atoms with E-state index in [1.807, 2.05) is 0 Å². The lowest BCUT2D eigenvalue weighted by Crippen LogP contribution is -2.52. The molecule has 0 aromatic carbocycles. The molecule has 1 aromatic rings. The predicted octanol–water partition coefficient (Wildman–Crippen LogP) is 3.49. The monoisotopic (exact) mass is 355 g/mol. The van der Waals surface area contributed by atoms with Crippen LogP contribution in [0.25, 0.3) is 0 Å².